The summed E-state index contributed by atoms with van der Waals surface area (Å²) in [5, 5.41) is 0. The minimum Gasteiger partial charge on any atom is -0.212 e. The van der Waals surface area contributed by atoms with E-state index in [1.54, 1.807) is 0 Å². The zero-order valence-electron chi connectivity index (χ0n) is 10.8. The molecule has 1 fully saturated rings. The molecule has 1 aliphatic rings. The molecule has 0 aromatic rings. The Hall–Kier alpha value is 0.200. The summed E-state index contributed by atoms with van der Waals surface area (Å²) in [5.41, 5.74) is 0.376. The van der Waals surface area contributed by atoms with Crippen molar-refractivity contribution in [3.8, 4) is 0 Å². The predicted octanol–water partition coefficient (Wildman–Crippen LogP) is 2.89. The van der Waals surface area contributed by atoms with E-state index >= 15 is 0 Å². The van der Waals surface area contributed by atoms with E-state index in [1.807, 2.05) is 0 Å². The van der Waals surface area contributed by atoms with Gasteiger partial charge in [0.1, 0.15) is 0 Å². The molecule has 0 aliphatic heterocycles. The third-order valence-corrected chi connectivity index (χ3v) is 5.27. The lowest BCUT2D eigenvalue weighted by atomic mass is 9.76. The topological polar surface area (TPSA) is 46.2 Å². The van der Waals surface area contributed by atoms with Gasteiger partial charge in [0.05, 0.1) is 5.75 Å². The van der Waals surface area contributed by atoms with Crippen LogP contribution in [0.1, 0.15) is 52.4 Å². The first-order chi connectivity index (χ1) is 7.85. The van der Waals surface area contributed by atoms with Gasteiger partial charge in [-0.2, -0.15) is 0 Å². The van der Waals surface area contributed by atoms with Crippen LogP contribution in [0.4, 0.5) is 0 Å². The highest BCUT2D eigenvalue weighted by atomic mass is 35.5. The van der Waals surface area contributed by atoms with Crippen LogP contribution in [0.15, 0.2) is 0 Å². The Morgan fingerprint density at radius 3 is 2.35 bits per heavy atom. The van der Waals surface area contributed by atoms with Crippen molar-refractivity contribution < 1.29 is 8.42 Å². The normalized spacial score (nSPS) is 21.6. The Morgan fingerprint density at radius 1 is 1.24 bits per heavy atom. The van der Waals surface area contributed by atoms with E-state index in [-0.39, 0.29) is 11.8 Å². The molecule has 0 spiro atoms. The minimum atomic E-state index is -3.10. The van der Waals surface area contributed by atoms with E-state index in [0.29, 0.717) is 17.7 Å². The molecule has 0 aromatic carbocycles. The van der Waals surface area contributed by atoms with Gasteiger partial charge in [-0.3, -0.25) is 0 Å². The fourth-order valence-electron chi connectivity index (χ4n) is 2.22. The van der Waals surface area contributed by atoms with Crippen LogP contribution in [0.25, 0.3) is 0 Å². The Bertz CT molecular complexity index is 317. The van der Waals surface area contributed by atoms with E-state index in [4.69, 9.17) is 11.6 Å². The average Bonchev–Trinajstić information content (AvgIpc) is 2.21. The second-order valence-corrected chi connectivity index (χ2v) is 8.02. The SMILES string of the molecule is CC1(C)CCC(NS(=O)(=O)CCCCCl)CC1. The van der Waals surface area contributed by atoms with Crippen molar-refractivity contribution in [1.82, 2.24) is 4.72 Å². The number of unbranched alkanes of at least 4 members (excludes halogenated alkanes) is 1. The first-order valence-electron chi connectivity index (χ1n) is 6.41. The maximum atomic E-state index is 11.8. The van der Waals surface area contributed by atoms with Crippen LogP contribution in [-0.4, -0.2) is 26.1 Å². The summed E-state index contributed by atoms with van der Waals surface area (Å²) < 4.78 is 26.4. The molecule has 3 nitrogen and oxygen atoms in total. The summed E-state index contributed by atoms with van der Waals surface area (Å²) in [7, 11) is -3.10. The monoisotopic (exact) mass is 281 g/mol. The lowest BCUT2D eigenvalue weighted by molar-refractivity contribution is 0.218. The van der Waals surface area contributed by atoms with Gasteiger partial charge in [-0.1, -0.05) is 13.8 Å². The van der Waals surface area contributed by atoms with E-state index in [1.165, 1.54) is 0 Å². The fraction of sp³-hybridized carbons (Fsp3) is 1.00. The molecule has 0 saturated heterocycles. The van der Waals surface area contributed by atoms with Crippen LogP contribution in [0.3, 0.4) is 0 Å². The van der Waals surface area contributed by atoms with Gasteiger partial charge in [0.2, 0.25) is 10.0 Å². The van der Waals surface area contributed by atoms with Crippen molar-refractivity contribution in [3.63, 3.8) is 0 Å². The molecule has 0 bridgehead atoms. The molecular weight excluding hydrogens is 258 g/mol. The van der Waals surface area contributed by atoms with Crippen molar-refractivity contribution in [1.29, 1.82) is 0 Å². The average molecular weight is 282 g/mol. The second kappa shape index (κ2) is 6.39. The first kappa shape index (κ1) is 15.3. The molecule has 0 amide bonds. The maximum absolute atomic E-state index is 11.8. The number of sulfonamides is 1. The number of nitrogens with one attached hydrogen (secondary N) is 1. The largest absolute Gasteiger partial charge is 0.212 e. The third kappa shape index (κ3) is 6.07. The Morgan fingerprint density at radius 2 is 1.82 bits per heavy atom. The van der Waals surface area contributed by atoms with E-state index in [2.05, 4.69) is 18.6 Å². The van der Waals surface area contributed by atoms with Gasteiger partial charge in [0, 0.05) is 11.9 Å². The van der Waals surface area contributed by atoms with Crippen LogP contribution >= 0.6 is 11.6 Å². The van der Waals surface area contributed by atoms with Crippen LogP contribution in [0.5, 0.6) is 0 Å². The second-order valence-electron chi connectivity index (χ2n) is 5.77. The lowest BCUT2D eigenvalue weighted by Gasteiger charge is -2.34. The molecule has 0 radical (unpaired) electrons. The molecule has 102 valence electrons. The molecule has 0 heterocycles. The van der Waals surface area contributed by atoms with Crippen LogP contribution in [0.2, 0.25) is 0 Å². The highest BCUT2D eigenvalue weighted by molar-refractivity contribution is 7.89. The zero-order valence-corrected chi connectivity index (χ0v) is 12.4. The van der Waals surface area contributed by atoms with Gasteiger partial charge < -0.3 is 0 Å². The number of hydrogen-bond acceptors (Lipinski definition) is 2. The van der Waals surface area contributed by atoms with E-state index < -0.39 is 10.0 Å². The molecule has 5 heteroatoms. The molecule has 17 heavy (non-hydrogen) atoms. The van der Waals surface area contributed by atoms with Gasteiger partial charge in [0.25, 0.3) is 0 Å². The highest BCUT2D eigenvalue weighted by Crippen LogP contribution is 2.35. The van der Waals surface area contributed by atoms with Gasteiger partial charge >= 0.3 is 0 Å². The van der Waals surface area contributed by atoms with Crippen LogP contribution < -0.4 is 4.72 Å². The summed E-state index contributed by atoms with van der Waals surface area (Å²) in [6.07, 6.45) is 5.53. The fourth-order valence-corrected chi connectivity index (χ4v) is 3.85. The van der Waals surface area contributed by atoms with Crippen molar-refractivity contribution in [2.24, 2.45) is 5.41 Å². The molecule has 1 aliphatic carbocycles. The van der Waals surface area contributed by atoms with Crippen molar-refractivity contribution in [2.45, 2.75) is 58.4 Å². The molecule has 1 saturated carbocycles. The summed E-state index contributed by atoms with van der Waals surface area (Å²) in [6.45, 7) is 4.50. The molecule has 0 aromatic heterocycles. The number of halogens is 1. The number of alkyl halides is 1. The van der Waals surface area contributed by atoms with Gasteiger partial charge in [-0.15, -0.1) is 11.6 Å². The molecule has 0 unspecified atom stereocenters. The predicted molar refractivity (Wildman–Crippen MR) is 72.9 cm³/mol. The maximum Gasteiger partial charge on any atom is 0.211 e. The lowest BCUT2D eigenvalue weighted by Crippen LogP contribution is -2.40. The van der Waals surface area contributed by atoms with Crippen molar-refractivity contribution in [3.05, 3.63) is 0 Å². The van der Waals surface area contributed by atoms with Gasteiger partial charge in [-0.25, -0.2) is 13.1 Å². The summed E-state index contributed by atoms with van der Waals surface area (Å²) in [6, 6.07) is 0.143. The molecular formula is C12H24ClNO2S. The quantitative estimate of drug-likeness (QED) is 0.601. The number of rotatable bonds is 6. The van der Waals surface area contributed by atoms with E-state index in [0.717, 1.165) is 32.1 Å². The van der Waals surface area contributed by atoms with E-state index in [9.17, 15) is 8.42 Å². The standard InChI is InChI=1S/C12H24ClNO2S/c1-12(2)7-5-11(6-8-12)14-17(15,16)10-4-3-9-13/h11,14H,3-10H2,1-2H3. The summed E-state index contributed by atoms with van der Waals surface area (Å²) in [5.74, 6) is 0.743. The zero-order chi connectivity index (χ0) is 12.9. The number of hydrogen-bond donors (Lipinski definition) is 1. The summed E-state index contributed by atoms with van der Waals surface area (Å²) >= 11 is 5.54. The Balaban J connectivity index is 2.34. The minimum absolute atomic E-state index is 0.143. The third-order valence-electron chi connectivity index (χ3n) is 3.48. The van der Waals surface area contributed by atoms with Gasteiger partial charge in [0.15, 0.2) is 0 Å². The van der Waals surface area contributed by atoms with Gasteiger partial charge in [-0.05, 0) is 43.9 Å². The van der Waals surface area contributed by atoms with Crippen LogP contribution in [-0.2, 0) is 10.0 Å². The highest BCUT2D eigenvalue weighted by Gasteiger charge is 2.28. The van der Waals surface area contributed by atoms with Crippen molar-refractivity contribution in [2.75, 3.05) is 11.6 Å². The molecule has 1 N–H and O–H groups in total. The van der Waals surface area contributed by atoms with Crippen LogP contribution in [0, 0.1) is 5.41 Å². The smallest absolute Gasteiger partial charge is 0.211 e. The summed E-state index contributed by atoms with van der Waals surface area (Å²) in [4.78, 5) is 0. The van der Waals surface area contributed by atoms with Crippen molar-refractivity contribution >= 4 is 21.6 Å². The molecule has 0 atom stereocenters. The Labute approximate surface area is 110 Å². The molecule has 1 rings (SSSR count). The Kier molecular flexibility index (Phi) is 5.74. The first-order valence-corrected chi connectivity index (χ1v) is 8.59.